The third-order valence-electron chi connectivity index (χ3n) is 4.16. The molecule has 0 unspecified atom stereocenters. The molecule has 0 amide bonds. The van der Waals surface area contributed by atoms with Gasteiger partial charge in [-0.3, -0.25) is 4.98 Å². The molecule has 0 aliphatic carbocycles. The maximum Gasteiger partial charge on any atom is 0.209 e. The van der Waals surface area contributed by atoms with Gasteiger partial charge in [-0.1, -0.05) is 18.2 Å². The van der Waals surface area contributed by atoms with Crippen molar-refractivity contribution in [2.45, 2.75) is 6.54 Å². The van der Waals surface area contributed by atoms with Gasteiger partial charge < -0.3 is 9.80 Å². The zero-order chi connectivity index (χ0) is 17.0. The minimum Gasteiger partial charge on any atom is -0.368 e. The van der Waals surface area contributed by atoms with Crippen LogP contribution in [0, 0.1) is 0 Å². The van der Waals surface area contributed by atoms with Crippen molar-refractivity contribution < 1.29 is 8.42 Å². The molecule has 1 N–H and O–H groups in total. The fraction of sp³-hybridized carbons (Fsp3) is 0.353. The number of benzene rings is 1. The van der Waals surface area contributed by atoms with Crippen molar-refractivity contribution in [2.24, 2.45) is 0 Å². The van der Waals surface area contributed by atoms with E-state index >= 15 is 0 Å². The molecule has 1 aliphatic rings. The number of rotatable bonds is 5. The van der Waals surface area contributed by atoms with E-state index in [1.165, 1.54) is 11.9 Å². The largest absolute Gasteiger partial charge is 0.368 e. The molecule has 6 nitrogen and oxygen atoms in total. The van der Waals surface area contributed by atoms with Crippen LogP contribution >= 0.6 is 0 Å². The number of piperazine rings is 1. The monoisotopic (exact) mass is 346 g/mol. The van der Waals surface area contributed by atoms with Crippen LogP contribution in [0.5, 0.6) is 0 Å². The van der Waals surface area contributed by atoms with E-state index in [4.69, 9.17) is 0 Å². The highest BCUT2D eigenvalue weighted by molar-refractivity contribution is 7.88. The zero-order valence-electron chi connectivity index (χ0n) is 13.7. The molecule has 1 aromatic carbocycles. The van der Waals surface area contributed by atoms with Gasteiger partial charge >= 0.3 is 0 Å². The Morgan fingerprint density at radius 3 is 2.29 bits per heavy atom. The molecule has 1 saturated heterocycles. The molecule has 0 spiro atoms. The summed E-state index contributed by atoms with van der Waals surface area (Å²) >= 11 is 0. The highest BCUT2D eigenvalue weighted by atomic mass is 32.2. The second kappa shape index (κ2) is 7.19. The number of hydrogen-bond acceptors (Lipinski definition) is 5. The molecule has 7 heteroatoms. The third-order valence-corrected chi connectivity index (χ3v) is 4.83. The molecule has 1 fully saturated rings. The summed E-state index contributed by atoms with van der Waals surface area (Å²) in [5.41, 5.74) is 3.29. The molecule has 0 saturated carbocycles. The Labute approximate surface area is 143 Å². The van der Waals surface area contributed by atoms with Crippen LogP contribution in [0.2, 0.25) is 0 Å². The van der Waals surface area contributed by atoms with Crippen molar-refractivity contribution in [3.63, 3.8) is 0 Å². The molecule has 0 atom stereocenters. The standard InChI is InChI=1S/C17H22N4O2S/c1-24(22,23)19-14-15-4-2-3-5-17(15)21-12-10-20(11-13-21)16-6-8-18-9-7-16/h2-9,19H,10-14H2,1H3. The molecule has 1 aliphatic heterocycles. The first-order valence-electron chi connectivity index (χ1n) is 7.95. The third kappa shape index (κ3) is 4.24. The van der Waals surface area contributed by atoms with E-state index in [-0.39, 0.29) is 0 Å². The molecule has 128 valence electrons. The SMILES string of the molecule is CS(=O)(=O)NCc1ccccc1N1CCN(c2ccncc2)CC1. The van der Waals surface area contributed by atoms with Crippen LogP contribution in [0.15, 0.2) is 48.8 Å². The van der Waals surface area contributed by atoms with Gasteiger partial charge in [0.05, 0.1) is 6.26 Å². The maximum absolute atomic E-state index is 11.4. The van der Waals surface area contributed by atoms with Crippen LogP contribution in [0.25, 0.3) is 0 Å². The van der Waals surface area contributed by atoms with Gasteiger partial charge in [0.25, 0.3) is 0 Å². The number of sulfonamides is 1. The van der Waals surface area contributed by atoms with Crippen molar-refractivity contribution in [3.8, 4) is 0 Å². The average Bonchev–Trinajstić information content (AvgIpc) is 2.61. The first-order valence-corrected chi connectivity index (χ1v) is 9.84. The smallest absolute Gasteiger partial charge is 0.209 e. The highest BCUT2D eigenvalue weighted by Gasteiger charge is 2.19. The van der Waals surface area contributed by atoms with Crippen molar-refractivity contribution in [1.29, 1.82) is 0 Å². The highest BCUT2D eigenvalue weighted by Crippen LogP contribution is 2.23. The normalized spacial score (nSPS) is 15.5. The number of hydrogen-bond donors (Lipinski definition) is 1. The van der Waals surface area contributed by atoms with E-state index in [0.29, 0.717) is 6.54 Å². The second-order valence-corrected chi connectivity index (χ2v) is 7.73. The van der Waals surface area contributed by atoms with Crippen LogP contribution in [-0.2, 0) is 16.6 Å². The number of anilines is 2. The molecular formula is C17H22N4O2S. The molecule has 1 aromatic heterocycles. The lowest BCUT2D eigenvalue weighted by Gasteiger charge is -2.38. The van der Waals surface area contributed by atoms with Crippen molar-refractivity contribution >= 4 is 21.4 Å². The van der Waals surface area contributed by atoms with Gasteiger partial charge in [-0.05, 0) is 23.8 Å². The predicted molar refractivity (Wildman–Crippen MR) is 96.8 cm³/mol. The molecule has 0 bridgehead atoms. The Bertz CT molecular complexity index is 772. The summed E-state index contributed by atoms with van der Waals surface area (Å²) in [6, 6.07) is 12.0. The minimum absolute atomic E-state index is 0.319. The van der Waals surface area contributed by atoms with Gasteiger partial charge in [0.2, 0.25) is 10.0 Å². The second-order valence-electron chi connectivity index (χ2n) is 5.90. The van der Waals surface area contributed by atoms with Crippen LogP contribution in [0.3, 0.4) is 0 Å². The van der Waals surface area contributed by atoms with Crippen molar-refractivity contribution in [3.05, 3.63) is 54.4 Å². The Balaban J connectivity index is 1.68. The van der Waals surface area contributed by atoms with Crippen LogP contribution in [-0.4, -0.2) is 45.8 Å². The summed E-state index contributed by atoms with van der Waals surface area (Å²) in [5, 5.41) is 0. The average molecular weight is 346 g/mol. The quantitative estimate of drug-likeness (QED) is 0.888. The van der Waals surface area contributed by atoms with Gasteiger partial charge in [0, 0.05) is 56.5 Å². The van der Waals surface area contributed by atoms with E-state index in [2.05, 4.69) is 25.6 Å². The minimum atomic E-state index is -3.20. The first kappa shape index (κ1) is 16.7. The lowest BCUT2D eigenvalue weighted by Crippen LogP contribution is -2.47. The van der Waals surface area contributed by atoms with E-state index in [1.807, 2.05) is 42.7 Å². The molecule has 2 aromatic rings. The van der Waals surface area contributed by atoms with E-state index < -0.39 is 10.0 Å². The van der Waals surface area contributed by atoms with Crippen molar-refractivity contribution in [2.75, 3.05) is 42.2 Å². The molecule has 0 radical (unpaired) electrons. The van der Waals surface area contributed by atoms with Gasteiger partial charge in [-0.15, -0.1) is 0 Å². The maximum atomic E-state index is 11.4. The number of nitrogens with zero attached hydrogens (tertiary/aromatic N) is 3. The zero-order valence-corrected chi connectivity index (χ0v) is 14.5. The molecule has 3 rings (SSSR count). The Morgan fingerprint density at radius 1 is 1.00 bits per heavy atom. The summed E-state index contributed by atoms with van der Waals surface area (Å²) in [6.07, 6.45) is 4.81. The van der Waals surface area contributed by atoms with Gasteiger partial charge in [-0.25, -0.2) is 13.1 Å². The van der Waals surface area contributed by atoms with Crippen molar-refractivity contribution in [1.82, 2.24) is 9.71 Å². The number of nitrogens with one attached hydrogen (secondary N) is 1. The van der Waals surface area contributed by atoms with Gasteiger partial charge in [0.15, 0.2) is 0 Å². The van der Waals surface area contributed by atoms with Crippen LogP contribution < -0.4 is 14.5 Å². The number of aromatic nitrogens is 1. The lowest BCUT2D eigenvalue weighted by molar-refractivity contribution is 0.587. The number of pyridine rings is 1. The first-order chi connectivity index (χ1) is 11.5. The summed E-state index contributed by atoms with van der Waals surface area (Å²) in [4.78, 5) is 8.72. The van der Waals surface area contributed by atoms with E-state index in [0.717, 1.165) is 37.4 Å². The molecule has 24 heavy (non-hydrogen) atoms. The van der Waals surface area contributed by atoms with Crippen LogP contribution in [0.4, 0.5) is 11.4 Å². The fourth-order valence-corrected chi connectivity index (χ4v) is 3.36. The number of para-hydroxylation sites is 1. The Morgan fingerprint density at radius 2 is 1.62 bits per heavy atom. The summed E-state index contributed by atoms with van der Waals surface area (Å²) in [7, 11) is -3.20. The molecular weight excluding hydrogens is 324 g/mol. The van der Waals surface area contributed by atoms with E-state index in [1.54, 1.807) is 0 Å². The van der Waals surface area contributed by atoms with Crippen LogP contribution in [0.1, 0.15) is 5.56 Å². The summed E-state index contributed by atoms with van der Waals surface area (Å²) in [6.45, 7) is 3.98. The van der Waals surface area contributed by atoms with Gasteiger partial charge in [-0.2, -0.15) is 0 Å². The Kier molecular flexibility index (Phi) is 5.01. The predicted octanol–water partition coefficient (Wildman–Crippen LogP) is 1.46. The Hall–Kier alpha value is -2.12. The molecule has 2 heterocycles. The topological polar surface area (TPSA) is 65.5 Å². The van der Waals surface area contributed by atoms with E-state index in [9.17, 15) is 8.42 Å². The summed E-state index contributed by atoms with van der Waals surface area (Å²) < 4.78 is 25.3. The van der Waals surface area contributed by atoms with Gasteiger partial charge in [0.1, 0.15) is 0 Å². The lowest BCUT2D eigenvalue weighted by atomic mass is 10.1. The fourth-order valence-electron chi connectivity index (χ4n) is 2.94. The summed E-state index contributed by atoms with van der Waals surface area (Å²) in [5.74, 6) is 0.